The van der Waals surface area contributed by atoms with Gasteiger partial charge in [-0.15, -0.1) is 0 Å². The number of likely N-dealkylation sites (N-methyl/N-ethyl adjacent to an activating group) is 1. The summed E-state index contributed by atoms with van der Waals surface area (Å²) in [5.74, 6) is 0.233. The quantitative estimate of drug-likeness (QED) is 0.780. The van der Waals surface area contributed by atoms with Crippen LogP contribution in [0.5, 0.6) is 0 Å². The summed E-state index contributed by atoms with van der Waals surface area (Å²) in [4.78, 5) is 41.6. The van der Waals surface area contributed by atoms with E-state index in [-0.39, 0.29) is 17.9 Å². The van der Waals surface area contributed by atoms with Crippen molar-refractivity contribution in [3.8, 4) is 0 Å². The molecule has 0 aromatic carbocycles. The van der Waals surface area contributed by atoms with E-state index in [1.54, 1.807) is 11.9 Å². The van der Waals surface area contributed by atoms with Crippen LogP contribution in [0, 0.1) is 11.8 Å². The lowest BCUT2D eigenvalue weighted by atomic mass is 9.74. The van der Waals surface area contributed by atoms with E-state index in [9.17, 15) is 19.5 Å². The van der Waals surface area contributed by atoms with Crippen LogP contribution in [-0.4, -0.2) is 70.1 Å². The molecular weight excluding hydrogens is 310 g/mol. The number of rotatable bonds is 5. The van der Waals surface area contributed by atoms with Crippen LogP contribution in [0.25, 0.3) is 0 Å². The number of hydrogen-bond donors (Lipinski definition) is 1. The molecule has 3 aliphatic rings. The van der Waals surface area contributed by atoms with Gasteiger partial charge in [-0.3, -0.25) is 9.69 Å². The van der Waals surface area contributed by atoms with Gasteiger partial charge in [0.1, 0.15) is 5.54 Å². The standard InChI is InChI=1S/C17H27N3O4/c1-3-4-5-13-11-19(16(23)24)9-8-17(13)14(21)18(2)15(22)20(17)10-12-6-7-12/h12-13H,3-11H2,1-2H3,(H,23,24). The molecule has 0 bridgehead atoms. The average Bonchev–Trinajstić information content (AvgIpc) is 3.37. The van der Waals surface area contributed by atoms with Gasteiger partial charge in [0.25, 0.3) is 5.91 Å². The van der Waals surface area contributed by atoms with Crippen LogP contribution in [-0.2, 0) is 4.79 Å². The van der Waals surface area contributed by atoms with Crippen molar-refractivity contribution in [3.05, 3.63) is 0 Å². The molecule has 134 valence electrons. The van der Waals surface area contributed by atoms with Crippen LogP contribution in [0.15, 0.2) is 0 Å². The summed E-state index contributed by atoms with van der Waals surface area (Å²) in [5, 5.41) is 9.35. The summed E-state index contributed by atoms with van der Waals surface area (Å²) < 4.78 is 0. The summed E-state index contributed by atoms with van der Waals surface area (Å²) in [6.45, 7) is 3.36. The van der Waals surface area contributed by atoms with Gasteiger partial charge in [-0.05, 0) is 31.6 Å². The number of piperidine rings is 1. The number of nitrogens with zero attached hydrogens (tertiary/aromatic N) is 3. The first-order chi connectivity index (χ1) is 11.4. The van der Waals surface area contributed by atoms with Crippen molar-refractivity contribution in [2.75, 3.05) is 26.7 Å². The predicted molar refractivity (Wildman–Crippen MR) is 87.6 cm³/mol. The normalized spacial score (nSPS) is 30.6. The van der Waals surface area contributed by atoms with E-state index in [4.69, 9.17) is 0 Å². The summed E-state index contributed by atoms with van der Waals surface area (Å²) >= 11 is 0. The third kappa shape index (κ3) is 2.63. The molecule has 24 heavy (non-hydrogen) atoms. The molecule has 0 aromatic heterocycles. The molecule has 2 unspecified atom stereocenters. The molecular formula is C17H27N3O4. The Kier molecular flexibility index (Phi) is 4.44. The molecule has 4 amide bonds. The minimum Gasteiger partial charge on any atom is -0.465 e. The number of carboxylic acid groups (broad SMARTS) is 1. The van der Waals surface area contributed by atoms with Gasteiger partial charge in [0, 0.05) is 32.6 Å². The molecule has 2 heterocycles. The van der Waals surface area contributed by atoms with Gasteiger partial charge in [-0.25, -0.2) is 9.59 Å². The Morgan fingerprint density at radius 2 is 2.04 bits per heavy atom. The maximum absolute atomic E-state index is 13.1. The van der Waals surface area contributed by atoms with E-state index >= 15 is 0 Å². The number of unbranched alkanes of at least 4 members (excludes halogenated alkanes) is 1. The first kappa shape index (κ1) is 17.0. The van der Waals surface area contributed by atoms with Gasteiger partial charge in [0.2, 0.25) is 0 Å². The number of likely N-dealkylation sites (tertiary alicyclic amines) is 1. The molecule has 0 radical (unpaired) electrons. The largest absolute Gasteiger partial charge is 0.465 e. The minimum absolute atomic E-state index is 0.123. The number of hydrogen-bond acceptors (Lipinski definition) is 3. The van der Waals surface area contributed by atoms with Crippen molar-refractivity contribution < 1.29 is 19.5 Å². The van der Waals surface area contributed by atoms with Crippen molar-refractivity contribution >= 4 is 18.0 Å². The fourth-order valence-electron chi connectivity index (χ4n) is 4.25. The van der Waals surface area contributed by atoms with E-state index < -0.39 is 11.6 Å². The van der Waals surface area contributed by atoms with Crippen LogP contribution in [0.3, 0.4) is 0 Å². The van der Waals surface area contributed by atoms with Crippen LogP contribution in [0.2, 0.25) is 0 Å². The molecule has 2 aliphatic heterocycles. The molecule has 2 saturated heterocycles. The molecule has 1 aliphatic carbocycles. The van der Waals surface area contributed by atoms with Crippen LogP contribution in [0.4, 0.5) is 9.59 Å². The van der Waals surface area contributed by atoms with Crippen molar-refractivity contribution in [3.63, 3.8) is 0 Å². The molecule has 2 atom stereocenters. The highest BCUT2D eigenvalue weighted by molar-refractivity contribution is 6.07. The van der Waals surface area contributed by atoms with E-state index in [0.29, 0.717) is 32.0 Å². The SMILES string of the molecule is CCCCC1CN(C(=O)O)CCC12C(=O)N(C)C(=O)N2CC1CC1. The van der Waals surface area contributed by atoms with Gasteiger partial charge < -0.3 is 14.9 Å². The fraction of sp³-hybridized carbons (Fsp3) is 0.824. The van der Waals surface area contributed by atoms with Crippen molar-refractivity contribution in [1.82, 2.24) is 14.7 Å². The van der Waals surface area contributed by atoms with Crippen LogP contribution < -0.4 is 0 Å². The van der Waals surface area contributed by atoms with Crippen LogP contribution in [0.1, 0.15) is 45.4 Å². The zero-order valence-electron chi connectivity index (χ0n) is 14.5. The smallest absolute Gasteiger partial charge is 0.407 e. The van der Waals surface area contributed by atoms with Crippen molar-refractivity contribution in [2.24, 2.45) is 11.8 Å². The second-order valence-corrected chi connectivity index (χ2v) is 7.44. The van der Waals surface area contributed by atoms with Crippen molar-refractivity contribution in [1.29, 1.82) is 0 Å². The highest BCUT2D eigenvalue weighted by atomic mass is 16.4. The number of carbonyl (C=O) groups is 3. The monoisotopic (exact) mass is 337 g/mol. The molecule has 1 spiro atoms. The third-order valence-electron chi connectivity index (χ3n) is 5.87. The third-order valence-corrected chi connectivity index (χ3v) is 5.87. The average molecular weight is 337 g/mol. The summed E-state index contributed by atoms with van der Waals surface area (Å²) in [7, 11) is 1.56. The molecule has 1 saturated carbocycles. The number of urea groups is 1. The van der Waals surface area contributed by atoms with Gasteiger partial charge in [-0.2, -0.15) is 0 Å². The topological polar surface area (TPSA) is 81.2 Å². The van der Waals surface area contributed by atoms with E-state index in [1.165, 1.54) is 9.80 Å². The van der Waals surface area contributed by atoms with Crippen LogP contribution >= 0.6 is 0 Å². The summed E-state index contributed by atoms with van der Waals surface area (Å²) in [6, 6.07) is -0.211. The zero-order chi connectivity index (χ0) is 17.5. The fourth-order valence-corrected chi connectivity index (χ4v) is 4.25. The second kappa shape index (κ2) is 6.26. The Morgan fingerprint density at radius 1 is 1.33 bits per heavy atom. The predicted octanol–water partition coefficient (Wildman–Crippen LogP) is 2.22. The Bertz CT molecular complexity index is 548. The maximum Gasteiger partial charge on any atom is 0.407 e. The molecule has 1 N–H and O–H groups in total. The maximum atomic E-state index is 13.1. The van der Waals surface area contributed by atoms with Gasteiger partial charge in [0.05, 0.1) is 0 Å². The highest BCUT2D eigenvalue weighted by Gasteiger charge is 2.62. The Labute approximate surface area is 142 Å². The second-order valence-electron chi connectivity index (χ2n) is 7.44. The Hall–Kier alpha value is -1.79. The number of imide groups is 1. The Balaban J connectivity index is 1.93. The number of carbonyl (C=O) groups excluding carboxylic acids is 2. The number of amides is 4. The lowest BCUT2D eigenvalue weighted by Crippen LogP contribution is -2.63. The molecule has 7 nitrogen and oxygen atoms in total. The van der Waals surface area contributed by atoms with Gasteiger partial charge >= 0.3 is 12.1 Å². The first-order valence-electron chi connectivity index (χ1n) is 8.99. The minimum atomic E-state index is -0.940. The summed E-state index contributed by atoms with van der Waals surface area (Å²) in [6.07, 6.45) is 4.38. The summed E-state index contributed by atoms with van der Waals surface area (Å²) in [5.41, 5.74) is -0.838. The van der Waals surface area contributed by atoms with Gasteiger partial charge in [0.15, 0.2) is 0 Å². The van der Waals surface area contributed by atoms with Gasteiger partial charge in [-0.1, -0.05) is 19.8 Å². The van der Waals surface area contributed by atoms with E-state index in [2.05, 4.69) is 6.92 Å². The molecule has 3 rings (SSSR count). The van der Waals surface area contributed by atoms with E-state index in [0.717, 1.165) is 32.1 Å². The van der Waals surface area contributed by atoms with Crippen molar-refractivity contribution in [2.45, 2.75) is 51.0 Å². The highest BCUT2D eigenvalue weighted by Crippen LogP contribution is 2.45. The lowest BCUT2D eigenvalue weighted by Gasteiger charge is -2.47. The Morgan fingerprint density at radius 3 is 2.62 bits per heavy atom. The molecule has 3 fully saturated rings. The zero-order valence-corrected chi connectivity index (χ0v) is 14.5. The van der Waals surface area contributed by atoms with E-state index in [1.807, 2.05) is 0 Å². The molecule has 7 heteroatoms. The molecule has 0 aromatic rings. The lowest BCUT2D eigenvalue weighted by molar-refractivity contribution is -0.138. The first-order valence-corrected chi connectivity index (χ1v) is 8.99.